The molecule has 1 aliphatic carbocycles. The first-order valence-electron chi connectivity index (χ1n) is 10.7. The van der Waals surface area contributed by atoms with Crippen LogP contribution in [0.1, 0.15) is 50.2 Å². The molecule has 1 amide bonds. The highest BCUT2D eigenvalue weighted by Gasteiger charge is 2.46. The van der Waals surface area contributed by atoms with Crippen LogP contribution in [-0.4, -0.2) is 21.6 Å². The van der Waals surface area contributed by atoms with Gasteiger partial charge in [0.2, 0.25) is 0 Å². The van der Waals surface area contributed by atoms with E-state index >= 15 is 0 Å². The van der Waals surface area contributed by atoms with E-state index in [0.717, 1.165) is 22.4 Å². The van der Waals surface area contributed by atoms with Crippen LogP contribution in [0.4, 0.5) is 13.2 Å². The second kappa shape index (κ2) is 8.42. The number of hydrogen-bond acceptors (Lipinski definition) is 3. The number of carboxylic acids is 1. The molecule has 0 bridgehead atoms. The number of thiophene rings is 1. The number of halogens is 4. The van der Waals surface area contributed by atoms with Crippen molar-refractivity contribution < 1.29 is 27.9 Å². The van der Waals surface area contributed by atoms with E-state index in [1.165, 1.54) is 35.6 Å². The van der Waals surface area contributed by atoms with Gasteiger partial charge in [-0.3, -0.25) is 4.79 Å². The molecule has 1 saturated carbocycles. The maximum absolute atomic E-state index is 13.4. The summed E-state index contributed by atoms with van der Waals surface area (Å²) in [7, 11) is 0. The summed E-state index contributed by atoms with van der Waals surface area (Å²) in [6, 6.07) is 13.2. The van der Waals surface area contributed by atoms with Gasteiger partial charge < -0.3 is 15.0 Å². The van der Waals surface area contributed by atoms with Gasteiger partial charge in [0.1, 0.15) is 4.34 Å². The molecule has 0 aliphatic heterocycles. The number of aromatic nitrogens is 1. The third-order valence-electron chi connectivity index (χ3n) is 6.21. The van der Waals surface area contributed by atoms with Gasteiger partial charge in [-0.2, -0.15) is 13.2 Å². The number of benzene rings is 2. The lowest BCUT2D eigenvalue weighted by Crippen LogP contribution is -2.35. The fraction of sp³-hybridized carbons (Fsp3) is 0.200. The van der Waals surface area contributed by atoms with Crippen molar-refractivity contribution in [2.24, 2.45) is 0 Å². The highest BCUT2D eigenvalue weighted by atomic mass is 35.5. The highest BCUT2D eigenvalue weighted by Crippen LogP contribution is 2.46. The lowest BCUT2D eigenvalue weighted by Gasteiger charge is -2.18. The van der Waals surface area contributed by atoms with Crippen molar-refractivity contribution >= 4 is 45.0 Å². The smallest absolute Gasteiger partial charge is 0.416 e. The van der Waals surface area contributed by atoms with E-state index in [0.29, 0.717) is 33.8 Å². The largest absolute Gasteiger partial charge is 0.478 e. The van der Waals surface area contributed by atoms with E-state index in [1.54, 1.807) is 22.9 Å². The second-order valence-electron chi connectivity index (χ2n) is 8.52. The van der Waals surface area contributed by atoms with Crippen molar-refractivity contribution in [3.63, 3.8) is 0 Å². The molecule has 0 saturated heterocycles. The van der Waals surface area contributed by atoms with Gasteiger partial charge in [-0.1, -0.05) is 35.9 Å². The summed E-state index contributed by atoms with van der Waals surface area (Å²) in [5.41, 5.74) is 1.27. The molecule has 4 aromatic rings. The topological polar surface area (TPSA) is 71.3 Å². The molecule has 2 aromatic carbocycles. The van der Waals surface area contributed by atoms with Crippen molar-refractivity contribution in [3.8, 4) is 0 Å². The second-order valence-corrected chi connectivity index (χ2v) is 10.2. The van der Waals surface area contributed by atoms with Crippen LogP contribution in [0.15, 0.2) is 60.8 Å². The number of fused-ring (bicyclic) bond motifs is 1. The number of rotatable bonds is 6. The van der Waals surface area contributed by atoms with Crippen molar-refractivity contribution in [1.29, 1.82) is 0 Å². The molecule has 10 heteroatoms. The number of carboxylic acid groups (broad SMARTS) is 1. The molecule has 2 aromatic heterocycles. The molecule has 1 aliphatic rings. The zero-order chi connectivity index (χ0) is 25.0. The molecule has 180 valence electrons. The van der Waals surface area contributed by atoms with E-state index in [9.17, 15) is 22.8 Å². The van der Waals surface area contributed by atoms with Crippen LogP contribution in [0.5, 0.6) is 0 Å². The Balaban J connectivity index is 1.42. The number of amides is 1. The average molecular weight is 519 g/mol. The summed E-state index contributed by atoms with van der Waals surface area (Å²) in [4.78, 5) is 24.5. The summed E-state index contributed by atoms with van der Waals surface area (Å²) in [5.74, 6) is -1.37. The van der Waals surface area contributed by atoms with Crippen LogP contribution in [0.25, 0.3) is 10.2 Å². The number of carbonyl (C=O) groups excluding carboxylic acids is 1. The monoisotopic (exact) mass is 518 g/mol. The Bertz CT molecular complexity index is 1440. The third-order valence-corrected chi connectivity index (χ3v) is 7.56. The maximum Gasteiger partial charge on any atom is 0.416 e. The molecule has 5 nitrogen and oxygen atoms in total. The Morgan fingerprint density at radius 2 is 1.71 bits per heavy atom. The van der Waals surface area contributed by atoms with E-state index in [4.69, 9.17) is 16.7 Å². The van der Waals surface area contributed by atoms with Crippen molar-refractivity contribution in [3.05, 3.63) is 92.9 Å². The summed E-state index contributed by atoms with van der Waals surface area (Å²) < 4.78 is 41.6. The first-order chi connectivity index (χ1) is 16.6. The van der Waals surface area contributed by atoms with E-state index in [2.05, 4.69) is 5.32 Å². The van der Waals surface area contributed by atoms with E-state index in [1.807, 2.05) is 6.07 Å². The van der Waals surface area contributed by atoms with Gasteiger partial charge in [0.15, 0.2) is 0 Å². The molecule has 0 spiro atoms. The molecule has 2 N–H and O–H groups in total. The van der Waals surface area contributed by atoms with Crippen LogP contribution in [0.3, 0.4) is 0 Å². The Hall–Kier alpha value is -3.30. The quantitative estimate of drug-likeness (QED) is 0.304. The zero-order valence-corrected chi connectivity index (χ0v) is 19.6. The minimum Gasteiger partial charge on any atom is -0.478 e. The van der Waals surface area contributed by atoms with Crippen LogP contribution in [0, 0.1) is 0 Å². The number of hydrogen-bond donors (Lipinski definition) is 2. The molecule has 1 fully saturated rings. The molecule has 0 unspecified atom stereocenters. The Morgan fingerprint density at radius 1 is 1.06 bits per heavy atom. The van der Waals surface area contributed by atoms with Crippen molar-refractivity contribution in [2.45, 2.75) is 31.1 Å². The SMILES string of the molecule is O=C(O)c1ccc(C2(NC(=O)c3c(Cl)sc4ccn(Cc5ccc(C(F)(F)F)cc5)c34)CC2)cc1. The summed E-state index contributed by atoms with van der Waals surface area (Å²) in [5, 5.41) is 12.2. The minimum absolute atomic E-state index is 0.166. The van der Waals surface area contributed by atoms with E-state index < -0.39 is 23.2 Å². The standard InChI is InChI=1S/C25H18ClF3N2O3S/c26-21-19(22(32)30-24(10-11-24)16-7-3-15(4-8-16)23(33)34)20-18(35-21)9-12-31(20)13-14-1-5-17(6-2-14)25(27,28)29/h1-9,12H,10-11,13H2,(H,30,32)(H,33,34). The van der Waals surface area contributed by atoms with Crippen LogP contribution in [-0.2, 0) is 18.3 Å². The molecule has 5 rings (SSSR count). The normalized spacial score (nSPS) is 14.7. The van der Waals surface area contributed by atoms with Gasteiger partial charge in [-0.15, -0.1) is 11.3 Å². The summed E-state index contributed by atoms with van der Waals surface area (Å²) >= 11 is 7.72. The molecule has 35 heavy (non-hydrogen) atoms. The lowest BCUT2D eigenvalue weighted by molar-refractivity contribution is -0.137. The Kier molecular flexibility index (Phi) is 5.64. The van der Waals surface area contributed by atoms with Crippen LogP contribution in [0.2, 0.25) is 4.34 Å². The van der Waals surface area contributed by atoms with Gasteiger partial charge in [-0.05, 0) is 54.3 Å². The lowest BCUT2D eigenvalue weighted by atomic mass is 10.0. The zero-order valence-electron chi connectivity index (χ0n) is 18.0. The van der Waals surface area contributed by atoms with Crippen LogP contribution >= 0.6 is 22.9 Å². The predicted molar refractivity (Wildman–Crippen MR) is 127 cm³/mol. The average Bonchev–Trinajstić information content (AvgIpc) is 3.38. The van der Waals surface area contributed by atoms with Gasteiger partial charge in [0.25, 0.3) is 5.91 Å². The van der Waals surface area contributed by atoms with Gasteiger partial charge in [0, 0.05) is 12.7 Å². The molecule has 0 radical (unpaired) electrons. The summed E-state index contributed by atoms with van der Waals surface area (Å²) in [6.07, 6.45) is -1.20. The number of carbonyl (C=O) groups is 2. The van der Waals surface area contributed by atoms with Gasteiger partial charge in [0.05, 0.1) is 32.4 Å². The van der Waals surface area contributed by atoms with Gasteiger partial charge in [-0.25, -0.2) is 4.79 Å². The number of aromatic carboxylic acids is 1. The predicted octanol–water partition coefficient (Wildman–Crippen LogP) is 6.54. The maximum atomic E-state index is 13.4. The molecular formula is C25H18ClF3N2O3S. The molecular weight excluding hydrogens is 501 g/mol. The first-order valence-corrected chi connectivity index (χ1v) is 11.9. The van der Waals surface area contributed by atoms with Crippen LogP contribution < -0.4 is 5.32 Å². The highest BCUT2D eigenvalue weighted by molar-refractivity contribution is 7.23. The molecule has 0 atom stereocenters. The number of nitrogens with zero attached hydrogens (tertiary/aromatic N) is 1. The van der Waals surface area contributed by atoms with Crippen molar-refractivity contribution in [2.75, 3.05) is 0 Å². The number of alkyl halides is 3. The first kappa shape index (κ1) is 23.4. The Morgan fingerprint density at radius 3 is 2.29 bits per heavy atom. The summed E-state index contributed by atoms with van der Waals surface area (Å²) in [6.45, 7) is 0.275. The Labute approximate surface area is 206 Å². The minimum atomic E-state index is -4.40. The third kappa shape index (κ3) is 4.41. The van der Waals surface area contributed by atoms with Gasteiger partial charge >= 0.3 is 12.1 Å². The number of nitrogens with one attached hydrogen (secondary N) is 1. The van der Waals surface area contributed by atoms with E-state index in [-0.39, 0.29) is 18.0 Å². The van der Waals surface area contributed by atoms with Crippen molar-refractivity contribution in [1.82, 2.24) is 9.88 Å². The fourth-order valence-corrected chi connectivity index (χ4v) is 5.54. The molecule has 2 heterocycles. The fourth-order valence-electron chi connectivity index (χ4n) is 4.19.